The summed E-state index contributed by atoms with van der Waals surface area (Å²) >= 11 is 0. The molecule has 3 heterocycles. The van der Waals surface area contributed by atoms with Crippen molar-refractivity contribution in [3.63, 3.8) is 0 Å². The summed E-state index contributed by atoms with van der Waals surface area (Å²) in [4.78, 5) is 16.5. The number of amides is 1. The van der Waals surface area contributed by atoms with Gasteiger partial charge in [-0.05, 0) is 73.5 Å². The molecular formula is C26H22N6O2. The highest BCUT2D eigenvalue weighted by Gasteiger charge is 2.12. The van der Waals surface area contributed by atoms with Gasteiger partial charge in [0.1, 0.15) is 5.75 Å². The molecule has 0 aliphatic heterocycles. The zero-order valence-corrected chi connectivity index (χ0v) is 18.8. The van der Waals surface area contributed by atoms with Gasteiger partial charge in [0.05, 0.1) is 5.69 Å². The second-order valence-corrected chi connectivity index (χ2v) is 7.99. The van der Waals surface area contributed by atoms with Gasteiger partial charge in [0.15, 0.2) is 18.1 Å². The molecule has 0 atom stereocenters. The molecule has 168 valence electrons. The van der Waals surface area contributed by atoms with Crippen LogP contribution >= 0.6 is 0 Å². The second kappa shape index (κ2) is 9.11. The number of carbonyl (C=O) groups is 1. The molecule has 0 radical (unpaired) electrons. The van der Waals surface area contributed by atoms with Crippen molar-refractivity contribution in [1.29, 1.82) is 0 Å². The third kappa shape index (κ3) is 4.61. The lowest BCUT2D eigenvalue weighted by molar-refractivity contribution is -0.118. The zero-order chi connectivity index (χ0) is 23.5. The molecular weight excluding hydrogens is 428 g/mol. The van der Waals surface area contributed by atoms with Gasteiger partial charge in [-0.15, -0.1) is 10.2 Å². The summed E-state index contributed by atoms with van der Waals surface area (Å²) in [6.07, 6.45) is 3.41. The number of aromatic nitrogens is 5. The van der Waals surface area contributed by atoms with Gasteiger partial charge in [0, 0.05) is 29.2 Å². The topological polar surface area (TPSA) is 94.3 Å². The Morgan fingerprint density at radius 1 is 0.912 bits per heavy atom. The standard InChI is InChI=1S/C26H22N6O2/c1-17-12-18(2)14-22(13-17)34-16-25(33)28-21-5-3-4-20(15-21)23-6-7-24-29-30-26(32(24)31-23)19-8-10-27-11-9-19/h3-15H,16H2,1-2H3,(H,28,33). The number of nitrogens with one attached hydrogen (secondary N) is 1. The molecule has 0 fully saturated rings. The number of hydrogen-bond acceptors (Lipinski definition) is 6. The lowest BCUT2D eigenvalue weighted by Gasteiger charge is -2.10. The fourth-order valence-corrected chi connectivity index (χ4v) is 3.74. The minimum atomic E-state index is -0.237. The first-order chi connectivity index (χ1) is 16.5. The van der Waals surface area contributed by atoms with E-state index < -0.39 is 0 Å². The predicted octanol–water partition coefficient (Wildman–Crippen LogP) is 4.49. The van der Waals surface area contributed by atoms with Crippen LogP contribution in [0, 0.1) is 13.8 Å². The third-order valence-electron chi connectivity index (χ3n) is 5.21. The number of rotatable bonds is 6. The Morgan fingerprint density at radius 2 is 1.71 bits per heavy atom. The van der Waals surface area contributed by atoms with Crippen molar-refractivity contribution < 1.29 is 9.53 Å². The van der Waals surface area contributed by atoms with Crippen LogP contribution in [0.3, 0.4) is 0 Å². The summed E-state index contributed by atoms with van der Waals surface area (Å²) in [5, 5.41) is 16.1. The van der Waals surface area contributed by atoms with E-state index in [1.165, 1.54) is 0 Å². The van der Waals surface area contributed by atoms with Crippen molar-refractivity contribution in [2.75, 3.05) is 11.9 Å². The second-order valence-electron chi connectivity index (χ2n) is 7.99. The van der Waals surface area contributed by atoms with Crippen molar-refractivity contribution >= 4 is 17.2 Å². The Kier molecular flexibility index (Phi) is 5.70. The first kappa shape index (κ1) is 21.3. The molecule has 1 N–H and O–H groups in total. The van der Waals surface area contributed by atoms with Gasteiger partial charge in [-0.25, -0.2) is 0 Å². The van der Waals surface area contributed by atoms with Crippen molar-refractivity contribution in [1.82, 2.24) is 24.8 Å². The monoisotopic (exact) mass is 450 g/mol. The summed E-state index contributed by atoms with van der Waals surface area (Å²) in [5.41, 5.74) is 5.93. The number of benzene rings is 2. The van der Waals surface area contributed by atoms with Crippen LogP contribution in [0.2, 0.25) is 0 Å². The van der Waals surface area contributed by atoms with Gasteiger partial charge in [0.25, 0.3) is 5.91 Å². The fraction of sp³-hybridized carbons (Fsp3) is 0.115. The number of fused-ring (bicyclic) bond motifs is 1. The zero-order valence-electron chi connectivity index (χ0n) is 18.8. The smallest absolute Gasteiger partial charge is 0.262 e. The summed E-state index contributed by atoms with van der Waals surface area (Å²) in [5.74, 6) is 1.07. The maximum Gasteiger partial charge on any atom is 0.262 e. The van der Waals surface area contributed by atoms with E-state index in [0.29, 0.717) is 22.9 Å². The number of pyridine rings is 1. The maximum absolute atomic E-state index is 12.5. The van der Waals surface area contributed by atoms with E-state index in [2.05, 4.69) is 26.6 Å². The average molecular weight is 451 g/mol. The molecule has 0 saturated heterocycles. The lowest BCUT2D eigenvalue weighted by atomic mass is 10.1. The molecule has 34 heavy (non-hydrogen) atoms. The highest BCUT2D eigenvalue weighted by Crippen LogP contribution is 2.23. The number of anilines is 1. The maximum atomic E-state index is 12.5. The van der Waals surface area contributed by atoms with E-state index in [-0.39, 0.29) is 12.5 Å². The fourth-order valence-electron chi connectivity index (χ4n) is 3.74. The average Bonchev–Trinajstić information content (AvgIpc) is 3.26. The van der Waals surface area contributed by atoms with Crippen LogP contribution in [0.1, 0.15) is 11.1 Å². The summed E-state index contributed by atoms with van der Waals surface area (Å²) in [7, 11) is 0. The number of carbonyl (C=O) groups excluding carboxylic acids is 1. The van der Waals surface area contributed by atoms with Crippen LogP contribution in [0.5, 0.6) is 5.75 Å². The number of aryl methyl sites for hydroxylation is 2. The quantitative estimate of drug-likeness (QED) is 0.410. The molecule has 2 aromatic carbocycles. The van der Waals surface area contributed by atoms with Crippen LogP contribution in [0.15, 0.2) is 79.1 Å². The number of nitrogens with zero attached hydrogens (tertiary/aromatic N) is 5. The van der Waals surface area contributed by atoms with Crippen LogP contribution in [-0.2, 0) is 4.79 Å². The molecule has 0 saturated carbocycles. The normalized spacial score (nSPS) is 10.9. The molecule has 0 aliphatic rings. The molecule has 0 bridgehead atoms. The molecule has 1 amide bonds. The SMILES string of the molecule is Cc1cc(C)cc(OCC(=O)Nc2cccc(-c3ccc4nnc(-c5ccncc5)n4n3)c2)c1. The Labute approximate surface area is 196 Å². The van der Waals surface area contributed by atoms with Gasteiger partial charge >= 0.3 is 0 Å². The Balaban J connectivity index is 1.34. The van der Waals surface area contributed by atoms with E-state index in [1.807, 2.05) is 74.5 Å². The largest absolute Gasteiger partial charge is 0.484 e. The first-order valence-electron chi connectivity index (χ1n) is 10.8. The summed E-state index contributed by atoms with van der Waals surface area (Å²) in [6, 6.07) is 20.9. The molecule has 8 nitrogen and oxygen atoms in total. The van der Waals surface area contributed by atoms with E-state index in [0.717, 1.165) is 27.9 Å². The molecule has 0 spiro atoms. The molecule has 0 aliphatic carbocycles. The Hall–Kier alpha value is -4.59. The van der Waals surface area contributed by atoms with Gasteiger partial charge in [-0.3, -0.25) is 9.78 Å². The van der Waals surface area contributed by atoms with Crippen LogP contribution < -0.4 is 10.1 Å². The van der Waals surface area contributed by atoms with Gasteiger partial charge in [-0.2, -0.15) is 9.61 Å². The van der Waals surface area contributed by atoms with Crippen LogP contribution in [0.25, 0.3) is 28.3 Å². The predicted molar refractivity (Wildman–Crippen MR) is 129 cm³/mol. The summed E-state index contributed by atoms with van der Waals surface area (Å²) < 4.78 is 7.37. The lowest BCUT2D eigenvalue weighted by Crippen LogP contribution is -2.20. The third-order valence-corrected chi connectivity index (χ3v) is 5.21. The number of hydrogen-bond donors (Lipinski definition) is 1. The van der Waals surface area contributed by atoms with E-state index in [9.17, 15) is 4.79 Å². The van der Waals surface area contributed by atoms with Gasteiger partial charge in [-0.1, -0.05) is 18.2 Å². The van der Waals surface area contributed by atoms with E-state index >= 15 is 0 Å². The highest BCUT2D eigenvalue weighted by molar-refractivity contribution is 5.92. The summed E-state index contributed by atoms with van der Waals surface area (Å²) in [6.45, 7) is 3.92. The van der Waals surface area contributed by atoms with E-state index in [4.69, 9.17) is 9.84 Å². The van der Waals surface area contributed by atoms with Crippen molar-refractivity contribution in [2.24, 2.45) is 0 Å². The number of ether oxygens (including phenoxy) is 1. The Morgan fingerprint density at radius 3 is 2.50 bits per heavy atom. The molecule has 5 rings (SSSR count). The first-order valence-corrected chi connectivity index (χ1v) is 10.8. The van der Waals surface area contributed by atoms with Crippen LogP contribution in [0.4, 0.5) is 5.69 Å². The molecule has 5 aromatic rings. The molecule has 8 heteroatoms. The van der Waals surface area contributed by atoms with Crippen molar-refractivity contribution in [3.05, 3.63) is 90.3 Å². The van der Waals surface area contributed by atoms with Gasteiger partial charge in [0.2, 0.25) is 0 Å². The van der Waals surface area contributed by atoms with Crippen molar-refractivity contribution in [3.8, 4) is 28.4 Å². The minimum Gasteiger partial charge on any atom is -0.484 e. The van der Waals surface area contributed by atoms with Crippen molar-refractivity contribution in [2.45, 2.75) is 13.8 Å². The molecule has 0 unspecified atom stereocenters. The minimum absolute atomic E-state index is 0.0761. The Bertz CT molecular complexity index is 1460. The molecule has 3 aromatic heterocycles. The van der Waals surface area contributed by atoms with E-state index in [1.54, 1.807) is 16.9 Å². The van der Waals surface area contributed by atoms with Gasteiger partial charge < -0.3 is 10.1 Å². The highest BCUT2D eigenvalue weighted by atomic mass is 16.5. The van der Waals surface area contributed by atoms with Crippen LogP contribution in [-0.4, -0.2) is 37.3 Å².